The van der Waals surface area contributed by atoms with E-state index in [0.717, 1.165) is 19.3 Å². The van der Waals surface area contributed by atoms with Crippen LogP contribution in [0.1, 0.15) is 32.6 Å². The van der Waals surface area contributed by atoms with Crippen LogP contribution in [0.15, 0.2) is 0 Å². The molecule has 0 radical (unpaired) electrons. The van der Waals surface area contributed by atoms with Gasteiger partial charge in [0.1, 0.15) is 0 Å². The van der Waals surface area contributed by atoms with Crippen LogP contribution < -0.4 is 0 Å². The highest BCUT2D eigenvalue weighted by molar-refractivity contribution is 5.80. The van der Waals surface area contributed by atoms with Gasteiger partial charge in [0.25, 0.3) is 0 Å². The second-order valence-corrected chi connectivity index (χ2v) is 3.37. The van der Waals surface area contributed by atoms with Crippen LogP contribution in [0.3, 0.4) is 0 Å². The van der Waals surface area contributed by atoms with E-state index in [1.54, 1.807) is 12.1 Å². The fourth-order valence-electron chi connectivity index (χ4n) is 1.46. The summed E-state index contributed by atoms with van der Waals surface area (Å²) in [7, 11) is 1.64. The molecule has 1 aliphatic rings. The average Bonchev–Trinajstić information content (AvgIpc) is 2.28. The van der Waals surface area contributed by atoms with Crippen LogP contribution in [0.5, 0.6) is 0 Å². The van der Waals surface area contributed by atoms with E-state index in [1.807, 2.05) is 0 Å². The Hall–Kier alpha value is -1.06. The number of rotatable bonds is 1. The van der Waals surface area contributed by atoms with Crippen LogP contribution in [-0.2, 0) is 9.59 Å². The molecule has 4 nitrogen and oxygen atoms in total. The lowest BCUT2D eigenvalue weighted by atomic mass is 10.2. The first kappa shape index (κ1) is 10.0. The number of carbonyl (C=O) groups is 2. The lowest BCUT2D eigenvalue weighted by molar-refractivity contribution is -0.158. The van der Waals surface area contributed by atoms with E-state index in [9.17, 15) is 9.59 Å². The van der Waals surface area contributed by atoms with E-state index in [1.165, 1.54) is 11.9 Å². The van der Waals surface area contributed by atoms with Gasteiger partial charge in [0.2, 0.25) is 11.8 Å². The molecule has 0 aliphatic carbocycles. The van der Waals surface area contributed by atoms with Crippen molar-refractivity contribution in [3.8, 4) is 0 Å². The Labute approximate surface area is 78.5 Å². The minimum Gasteiger partial charge on any atom is -0.273 e. The quantitative estimate of drug-likeness (QED) is 0.604. The molecule has 0 aromatic rings. The molecule has 13 heavy (non-hydrogen) atoms. The molecule has 0 saturated carbocycles. The first-order valence-electron chi connectivity index (χ1n) is 4.67. The van der Waals surface area contributed by atoms with Crippen molar-refractivity contribution < 1.29 is 9.59 Å². The molecular weight excluding hydrogens is 168 g/mol. The molecule has 2 amide bonds. The predicted octanol–water partition coefficient (Wildman–Crippen LogP) is 0.782. The predicted molar refractivity (Wildman–Crippen MR) is 48.6 cm³/mol. The molecule has 1 fully saturated rings. The van der Waals surface area contributed by atoms with Crippen molar-refractivity contribution >= 4 is 11.8 Å². The maximum Gasteiger partial charge on any atom is 0.241 e. The van der Waals surface area contributed by atoms with Gasteiger partial charge in [-0.05, 0) is 12.8 Å². The van der Waals surface area contributed by atoms with Crippen LogP contribution in [0.25, 0.3) is 0 Å². The Morgan fingerprint density at radius 2 is 2.08 bits per heavy atom. The topological polar surface area (TPSA) is 40.6 Å². The Kier molecular flexibility index (Phi) is 3.28. The van der Waals surface area contributed by atoms with Gasteiger partial charge in [0, 0.05) is 26.9 Å². The highest BCUT2D eigenvalue weighted by Crippen LogP contribution is 2.12. The van der Waals surface area contributed by atoms with E-state index < -0.39 is 0 Å². The lowest BCUT2D eigenvalue weighted by Crippen LogP contribution is -2.46. The van der Waals surface area contributed by atoms with Crippen LogP contribution in [0.4, 0.5) is 0 Å². The normalized spacial score (nSPS) is 18.3. The largest absolute Gasteiger partial charge is 0.273 e. The summed E-state index contributed by atoms with van der Waals surface area (Å²) in [5.41, 5.74) is 0. The Bertz CT molecular complexity index is 216. The molecule has 74 valence electrons. The zero-order valence-corrected chi connectivity index (χ0v) is 8.25. The first-order valence-corrected chi connectivity index (χ1v) is 4.67. The fourth-order valence-corrected chi connectivity index (χ4v) is 1.46. The summed E-state index contributed by atoms with van der Waals surface area (Å²) in [5.74, 6) is -0.0227. The maximum absolute atomic E-state index is 11.5. The first-order chi connectivity index (χ1) is 6.13. The fraction of sp³-hybridized carbons (Fsp3) is 0.778. The second-order valence-electron chi connectivity index (χ2n) is 3.37. The summed E-state index contributed by atoms with van der Waals surface area (Å²) in [5, 5.41) is 2.96. The summed E-state index contributed by atoms with van der Waals surface area (Å²) < 4.78 is 0. The average molecular weight is 184 g/mol. The van der Waals surface area contributed by atoms with Crippen molar-refractivity contribution in [1.82, 2.24) is 10.0 Å². The molecule has 0 aromatic carbocycles. The smallest absolute Gasteiger partial charge is 0.241 e. The van der Waals surface area contributed by atoms with Gasteiger partial charge in [-0.25, -0.2) is 0 Å². The summed E-state index contributed by atoms with van der Waals surface area (Å²) >= 11 is 0. The molecule has 0 spiro atoms. The standard InChI is InChI=1S/C9H16N2O2/c1-8(12)10(2)11-7-5-3-4-6-9(11)13/h3-7H2,1-2H3. The van der Waals surface area contributed by atoms with Crippen molar-refractivity contribution in [3.63, 3.8) is 0 Å². The Morgan fingerprint density at radius 3 is 2.69 bits per heavy atom. The Balaban J connectivity index is 2.64. The van der Waals surface area contributed by atoms with Crippen LogP contribution in [0.2, 0.25) is 0 Å². The van der Waals surface area contributed by atoms with Crippen molar-refractivity contribution in [2.75, 3.05) is 13.6 Å². The summed E-state index contributed by atoms with van der Waals surface area (Å²) in [6, 6.07) is 0. The number of amides is 2. The van der Waals surface area contributed by atoms with Gasteiger partial charge in [-0.15, -0.1) is 0 Å². The van der Waals surface area contributed by atoms with Gasteiger partial charge in [-0.1, -0.05) is 6.42 Å². The number of hydrogen-bond donors (Lipinski definition) is 0. The van der Waals surface area contributed by atoms with E-state index in [0.29, 0.717) is 13.0 Å². The number of hydrogen-bond acceptors (Lipinski definition) is 2. The second kappa shape index (κ2) is 4.25. The molecule has 0 unspecified atom stereocenters. The number of carbonyl (C=O) groups excluding carboxylic acids is 2. The molecule has 1 saturated heterocycles. The third-order valence-electron chi connectivity index (χ3n) is 2.37. The molecule has 0 aromatic heterocycles. The third-order valence-corrected chi connectivity index (χ3v) is 2.37. The van der Waals surface area contributed by atoms with Crippen LogP contribution in [-0.4, -0.2) is 35.4 Å². The molecule has 0 N–H and O–H groups in total. The SMILES string of the molecule is CC(=O)N(C)N1CCCCCC1=O. The number of nitrogens with zero attached hydrogens (tertiary/aromatic N) is 2. The Morgan fingerprint density at radius 1 is 1.38 bits per heavy atom. The molecule has 4 heteroatoms. The number of hydrazine groups is 1. The van der Waals surface area contributed by atoms with Crippen molar-refractivity contribution in [2.24, 2.45) is 0 Å². The molecule has 0 atom stereocenters. The van der Waals surface area contributed by atoms with Crippen LogP contribution >= 0.6 is 0 Å². The molecule has 1 rings (SSSR count). The summed E-state index contributed by atoms with van der Waals surface area (Å²) in [6.45, 7) is 2.15. The highest BCUT2D eigenvalue weighted by atomic mass is 16.2. The van der Waals surface area contributed by atoms with Gasteiger partial charge in [0.15, 0.2) is 0 Å². The van der Waals surface area contributed by atoms with Gasteiger partial charge in [-0.2, -0.15) is 0 Å². The van der Waals surface area contributed by atoms with Gasteiger partial charge in [0.05, 0.1) is 0 Å². The van der Waals surface area contributed by atoms with E-state index >= 15 is 0 Å². The lowest BCUT2D eigenvalue weighted by Gasteiger charge is -2.29. The molecule has 1 aliphatic heterocycles. The van der Waals surface area contributed by atoms with E-state index in [-0.39, 0.29) is 11.8 Å². The highest BCUT2D eigenvalue weighted by Gasteiger charge is 2.21. The summed E-state index contributed by atoms with van der Waals surface area (Å²) in [4.78, 5) is 22.5. The van der Waals surface area contributed by atoms with E-state index in [2.05, 4.69) is 0 Å². The zero-order valence-electron chi connectivity index (χ0n) is 8.25. The third kappa shape index (κ3) is 2.44. The van der Waals surface area contributed by atoms with Gasteiger partial charge < -0.3 is 0 Å². The van der Waals surface area contributed by atoms with Gasteiger partial charge >= 0.3 is 0 Å². The van der Waals surface area contributed by atoms with Gasteiger partial charge in [-0.3, -0.25) is 19.6 Å². The van der Waals surface area contributed by atoms with Crippen LogP contribution in [0, 0.1) is 0 Å². The van der Waals surface area contributed by atoms with E-state index in [4.69, 9.17) is 0 Å². The van der Waals surface area contributed by atoms with Crippen molar-refractivity contribution in [1.29, 1.82) is 0 Å². The molecule has 0 bridgehead atoms. The minimum absolute atomic E-state index is 0.0650. The summed E-state index contributed by atoms with van der Waals surface area (Å²) in [6.07, 6.45) is 3.58. The molecular formula is C9H16N2O2. The molecule has 1 heterocycles. The minimum atomic E-state index is -0.0877. The zero-order chi connectivity index (χ0) is 9.84. The van der Waals surface area contributed by atoms with Crippen molar-refractivity contribution in [2.45, 2.75) is 32.6 Å². The van der Waals surface area contributed by atoms with Crippen molar-refractivity contribution in [3.05, 3.63) is 0 Å². The maximum atomic E-state index is 11.5. The monoisotopic (exact) mass is 184 g/mol.